The van der Waals surface area contributed by atoms with Crippen LogP contribution in [0, 0.1) is 0 Å². The molecule has 5 N–H and O–H groups in total. The Labute approximate surface area is 142 Å². The Bertz CT molecular complexity index is 614. The van der Waals surface area contributed by atoms with Crippen LogP contribution in [0.4, 0.5) is 0 Å². The summed E-state index contributed by atoms with van der Waals surface area (Å²) in [6.45, 7) is 4.10. The Balaban J connectivity index is 2.52. The predicted octanol–water partition coefficient (Wildman–Crippen LogP) is 2.01. The number of hydrogen-bond acceptors (Lipinski definition) is 3. The largest absolute Gasteiger partial charge is 0.480 e. The number of nitrogens with zero attached hydrogens (tertiary/aromatic N) is 2. The van der Waals surface area contributed by atoms with E-state index in [-0.39, 0.29) is 5.96 Å². The maximum atomic E-state index is 11.2. The van der Waals surface area contributed by atoms with Crippen LogP contribution in [-0.2, 0) is 11.2 Å². The molecule has 0 aliphatic carbocycles. The zero-order valence-electron chi connectivity index (χ0n) is 13.6. The third kappa shape index (κ3) is 7.93. The summed E-state index contributed by atoms with van der Waals surface area (Å²) >= 11 is 0. The molecule has 0 saturated carbocycles. The number of allylic oxidation sites excluding steroid dienone is 2. The number of benzene rings is 1. The van der Waals surface area contributed by atoms with E-state index in [1.165, 1.54) is 11.8 Å². The van der Waals surface area contributed by atoms with Gasteiger partial charge in [0.1, 0.15) is 6.04 Å². The van der Waals surface area contributed by atoms with E-state index in [4.69, 9.17) is 16.6 Å². The lowest BCUT2D eigenvalue weighted by molar-refractivity contribution is -0.138. The molecule has 1 rings (SSSR count). The van der Waals surface area contributed by atoms with Crippen molar-refractivity contribution in [3.05, 3.63) is 54.1 Å². The molecular formula is C18H24N4O2. The second-order valence-corrected chi connectivity index (χ2v) is 5.19. The number of rotatable bonds is 10. The van der Waals surface area contributed by atoms with Gasteiger partial charge in [-0.2, -0.15) is 0 Å². The minimum atomic E-state index is -0.960. The second-order valence-electron chi connectivity index (χ2n) is 5.19. The Morgan fingerprint density at radius 1 is 1.29 bits per heavy atom. The summed E-state index contributed by atoms with van der Waals surface area (Å²) in [7, 11) is 0. The molecule has 0 saturated heterocycles. The first-order valence-corrected chi connectivity index (χ1v) is 7.70. The van der Waals surface area contributed by atoms with Crippen molar-refractivity contribution >= 4 is 24.2 Å². The summed E-state index contributed by atoms with van der Waals surface area (Å²) in [5.74, 6) is -0.953. The van der Waals surface area contributed by atoms with Gasteiger partial charge < -0.3 is 16.6 Å². The van der Waals surface area contributed by atoms with Gasteiger partial charge in [0.15, 0.2) is 5.96 Å². The highest BCUT2D eigenvalue weighted by molar-refractivity contribution is 5.82. The first-order chi connectivity index (χ1) is 11.5. The van der Waals surface area contributed by atoms with E-state index in [2.05, 4.69) is 16.6 Å². The van der Waals surface area contributed by atoms with Gasteiger partial charge in [0.05, 0.1) is 0 Å². The monoisotopic (exact) mass is 328 g/mol. The number of guanidine groups is 1. The number of carboxylic acids is 1. The molecule has 24 heavy (non-hydrogen) atoms. The summed E-state index contributed by atoms with van der Waals surface area (Å²) in [6, 6.07) is 7.25. The average Bonchev–Trinajstić information content (AvgIpc) is 2.54. The maximum Gasteiger partial charge on any atom is 0.328 e. The Morgan fingerprint density at radius 2 is 2.00 bits per heavy atom. The molecule has 6 nitrogen and oxygen atoms in total. The molecule has 0 bridgehead atoms. The molecule has 0 aromatic heterocycles. The lowest BCUT2D eigenvalue weighted by Gasteiger charge is -2.05. The van der Waals surface area contributed by atoms with Crippen molar-refractivity contribution in [2.45, 2.75) is 25.3 Å². The van der Waals surface area contributed by atoms with Crippen LogP contribution in [-0.4, -0.2) is 35.8 Å². The second kappa shape index (κ2) is 10.8. The molecule has 1 atom stereocenters. The molecule has 0 heterocycles. The highest BCUT2D eigenvalue weighted by Gasteiger charge is 2.13. The van der Waals surface area contributed by atoms with E-state index in [9.17, 15) is 4.79 Å². The number of hydrogen-bond donors (Lipinski definition) is 3. The molecule has 0 spiro atoms. The van der Waals surface area contributed by atoms with Crippen LogP contribution in [0.5, 0.6) is 0 Å². The Hall–Kier alpha value is -2.89. The lowest BCUT2D eigenvalue weighted by Crippen LogP contribution is -2.23. The molecular weight excluding hydrogens is 304 g/mol. The smallest absolute Gasteiger partial charge is 0.328 e. The quantitative estimate of drug-likeness (QED) is 0.264. The topological polar surface area (TPSA) is 114 Å². The molecule has 0 fully saturated rings. The van der Waals surface area contributed by atoms with Gasteiger partial charge in [-0.25, -0.2) is 4.79 Å². The standard InChI is InChI=1S/C18H24N4O2/c1-2-5-14-8-10-15(11-9-14)6-3-12-21-16(17(23)24)7-4-13-22-18(19)20/h2-3,6,8-12,16H,1,4-5,7,13H2,(H,23,24)(H4,19,20,22)/b6-3+,21-12?/t16-/m0/s1. The number of aliphatic carboxylic acids is 1. The van der Waals surface area contributed by atoms with Crippen molar-refractivity contribution < 1.29 is 9.90 Å². The molecule has 6 heteroatoms. The zero-order valence-corrected chi connectivity index (χ0v) is 13.6. The van der Waals surface area contributed by atoms with Crippen LogP contribution >= 0.6 is 0 Å². The average molecular weight is 328 g/mol. The van der Waals surface area contributed by atoms with Gasteiger partial charge >= 0.3 is 5.97 Å². The van der Waals surface area contributed by atoms with Crippen LogP contribution in [0.15, 0.2) is 53.0 Å². The number of carbonyl (C=O) groups is 1. The summed E-state index contributed by atoms with van der Waals surface area (Å²) in [6.07, 6.45) is 8.75. The van der Waals surface area contributed by atoms with Crippen LogP contribution in [0.2, 0.25) is 0 Å². The molecule has 128 valence electrons. The number of aliphatic imine (C=N–C) groups is 2. The minimum Gasteiger partial charge on any atom is -0.480 e. The normalized spacial score (nSPS) is 12.3. The summed E-state index contributed by atoms with van der Waals surface area (Å²) in [5.41, 5.74) is 12.7. The molecule has 1 aromatic rings. The van der Waals surface area contributed by atoms with E-state index in [0.29, 0.717) is 19.4 Å². The maximum absolute atomic E-state index is 11.2. The van der Waals surface area contributed by atoms with Crippen molar-refractivity contribution in [3.63, 3.8) is 0 Å². The summed E-state index contributed by atoms with van der Waals surface area (Å²) < 4.78 is 0. The molecule has 0 aliphatic heterocycles. The first-order valence-electron chi connectivity index (χ1n) is 7.70. The van der Waals surface area contributed by atoms with Gasteiger partial charge in [0.2, 0.25) is 0 Å². The fraction of sp³-hybridized carbons (Fsp3) is 0.278. The van der Waals surface area contributed by atoms with Crippen LogP contribution in [0.25, 0.3) is 6.08 Å². The lowest BCUT2D eigenvalue weighted by atomic mass is 10.1. The third-order valence-electron chi connectivity index (χ3n) is 3.22. The summed E-state index contributed by atoms with van der Waals surface area (Å²) in [4.78, 5) is 19.0. The van der Waals surface area contributed by atoms with Gasteiger partial charge in [-0.05, 0) is 36.5 Å². The molecule has 1 aromatic carbocycles. The van der Waals surface area contributed by atoms with Crippen molar-refractivity contribution in [3.8, 4) is 0 Å². The SMILES string of the molecule is C=CCc1ccc(/C=C/C=N[C@@H](CCCN=C(N)N)C(=O)O)cc1. The highest BCUT2D eigenvalue weighted by Crippen LogP contribution is 2.07. The van der Waals surface area contributed by atoms with Crippen LogP contribution in [0.3, 0.4) is 0 Å². The Morgan fingerprint density at radius 3 is 2.58 bits per heavy atom. The van der Waals surface area contributed by atoms with Crippen molar-refractivity contribution in [1.82, 2.24) is 0 Å². The third-order valence-corrected chi connectivity index (χ3v) is 3.22. The van der Waals surface area contributed by atoms with Crippen molar-refractivity contribution in [2.75, 3.05) is 6.54 Å². The fourth-order valence-electron chi connectivity index (χ4n) is 1.99. The number of nitrogens with two attached hydrogens (primary N) is 2. The molecule has 0 amide bonds. The van der Waals surface area contributed by atoms with Gasteiger partial charge in [0.25, 0.3) is 0 Å². The zero-order chi connectivity index (χ0) is 17.8. The van der Waals surface area contributed by atoms with E-state index >= 15 is 0 Å². The van der Waals surface area contributed by atoms with Crippen molar-refractivity contribution in [1.29, 1.82) is 0 Å². The minimum absolute atomic E-state index is 0.00687. The van der Waals surface area contributed by atoms with E-state index in [1.807, 2.05) is 36.4 Å². The van der Waals surface area contributed by atoms with E-state index in [1.54, 1.807) is 6.08 Å². The van der Waals surface area contributed by atoms with Gasteiger partial charge in [-0.1, -0.05) is 36.4 Å². The van der Waals surface area contributed by atoms with E-state index in [0.717, 1.165) is 12.0 Å². The van der Waals surface area contributed by atoms with Gasteiger partial charge in [-0.15, -0.1) is 6.58 Å². The van der Waals surface area contributed by atoms with E-state index < -0.39 is 12.0 Å². The number of carboxylic acid groups (broad SMARTS) is 1. The van der Waals surface area contributed by atoms with Gasteiger partial charge in [0, 0.05) is 12.8 Å². The van der Waals surface area contributed by atoms with Crippen LogP contribution < -0.4 is 11.5 Å². The van der Waals surface area contributed by atoms with Gasteiger partial charge in [-0.3, -0.25) is 9.98 Å². The predicted molar refractivity (Wildman–Crippen MR) is 99.2 cm³/mol. The van der Waals surface area contributed by atoms with Crippen LogP contribution in [0.1, 0.15) is 24.0 Å². The first kappa shape index (κ1) is 19.2. The molecule has 0 unspecified atom stereocenters. The molecule has 0 aliphatic rings. The summed E-state index contributed by atoms with van der Waals surface area (Å²) in [5, 5.41) is 9.15. The van der Waals surface area contributed by atoms with Crippen molar-refractivity contribution in [2.24, 2.45) is 21.5 Å². The Kier molecular flexibility index (Phi) is 8.60. The molecule has 0 radical (unpaired) electrons. The highest BCUT2D eigenvalue weighted by atomic mass is 16.4. The fourth-order valence-corrected chi connectivity index (χ4v) is 1.99.